The lowest BCUT2D eigenvalue weighted by Crippen LogP contribution is -1.96. The first kappa shape index (κ1) is 13.8. The lowest BCUT2D eigenvalue weighted by molar-refractivity contribution is -0.385. The molecule has 0 radical (unpaired) electrons. The van der Waals surface area contributed by atoms with Gasteiger partial charge in [-0.2, -0.15) is 0 Å². The quantitative estimate of drug-likeness (QED) is 0.661. The third kappa shape index (κ3) is 2.41. The number of rotatable bonds is 4. The summed E-state index contributed by atoms with van der Waals surface area (Å²) in [5.74, 6) is -0.996. The number of nitro benzene ring substituents is 1. The first-order valence-electron chi connectivity index (χ1n) is 5.39. The van der Waals surface area contributed by atoms with Gasteiger partial charge in [-0.1, -0.05) is 0 Å². The van der Waals surface area contributed by atoms with Gasteiger partial charge in [0.2, 0.25) is 0 Å². The van der Waals surface area contributed by atoms with E-state index in [0.29, 0.717) is 10.4 Å². The molecule has 20 heavy (non-hydrogen) atoms. The van der Waals surface area contributed by atoms with Crippen molar-refractivity contribution in [3.05, 3.63) is 39.3 Å². The number of benzene rings is 1. The van der Waals surface area contributed by atoms with Gasteiger partial charge in [0.15, 0.2) is 5.75 Å². The highest BCUT2D eigenvalue weighted by Gasteiger charge is 2.18. The number of nitrogens with zero attached hydrogens (tertiary/aromatic N) is 1. The number of aromatic carboxylic acids is 1. The number of carboxylic acids is 1. The van der Waals surface area contributed by atoms with Crippen molar-refractivity contribution in [2.24, 2.45) is 0 Å². The number of ether oxygens (including phenoxy) is 1. The molecule has 1 heterocycles. The van der Waals surface area contributed by atoms with Gasteiger partial charge in [-0.15, -0.1) is 11.3 Å². The highest BCUT2D eigenvalue weighted by atomic mass is 32.1. The molecular weight excluding hydrogens is 284 g/mol. The third-order valence-corrected chi connectivity index (χ3v) is 3.80. The number of hydrogen-bond acceptors (Lipinski definition) is 6. The highest BCUT2D eigenvalue weighted by Crippen LogP contribution is 2.37. The first-order chi connectivity index (χ1) is 9.43. The van der Waals surface area contributed by atoms with Crippen molar-refractivity contribution in [3.63, 3.8) is 0 Å². The molecule has 0 amide bonds. The fourth-order valence-corrected chi connectivity index (χ4v) is 2.61. The van der Waals surface area contributed by atoms with Gasteiger partial charge in [-0.25, -0.2) is 4.79 Å². The van der Waals surface area contributed by atoms with Crippen LogP contribution in [-0.2, 0) is 0 Å². The van der Waals surface area contributed by atoms with E-state index >= 15 is 0 Å². The summed E-state index contributed by atoms with van der Waals surface area (Å²) in [4.78, 5) is 21.9. The molecule has 1 aromatic heterocycles. The molecule has 104 valence electrons. The van der Waals surface area contributed by atoms with Gasteiger partial charge in [-0.3, -0.25) is 10.1 Å². The summed E-state index contributed by atoms with van der Waals surface area (Å²) < 4.78 is 4.97. The Morgan fingerprint density at radius 3 is 2.65 bits per heavy atom. The third-order valence-electron chi connectivity index (χ3n) is 2.62. The van der Waals surface area contributed by atoms with Gasteiger partial charge in [0.1, 0.15) is 4.88 Å². The van der Waals surface area contributed by atoms with Crippen LogP contribution in [-0.4, -0.2) is 23.1 Å². The zero-order valence-corrected chi connectivity index (χ0v) is 11.1. The summed E-state index contributed by atoms with van der Waals surface area (Å²) in [6.07, 6.45) is 0. The smallest absolute Gasteiger partial charge is 0.348 e. The Morgan fingerprint density at radius 2 is 2.15 bits per heavy atom. The zero-order chi connectivity index (χ0) is 14.9. The van der Waals surface area contributed by atoms with Crippen LogP contribution in [0.2, 0.25) is 0 Å². The van der Waals surface area contributed by atoms with Crippen molar-refractivity contribution >= 4 is 28.7 Å². The van der Waals surface area contributed by atoms with Crippen LogP contribution in [0, 0.1) is 10.1 Å². The molecule has 2 rings (SSSR count). The Bertz CT molecular complexity index is 695. The number of nitrogen functional groups attached to an aromatic ring is 1. The fourth-order valence-electron chi connectivity index (χ4n) is 1.70. The Balaban J connectivity index is 2.51. The standard InChI is InChI=1S/C12H10N2O5S/c1-19-9-4-6(2-3-8(9)14(17)18)10-5-7(13)11(20-10)12(15)16/h2-5H,13H2,1H3,(H,15,16). The summed E-state index contributed by atoms with van der Waals surface area (Å²) in [5.41, 5.74) is 6.23. The summed E-state index contributed by atoms with van der Waals surface area (Å²) in [7, 11) is 1.33. The van der Waals surface area contributed by atoms with E-state index in [2.05, 4.69) is 0 Å². The Labute approximate surface area is 117 Å². The van der Waals surface area contributed by atoms with E-state index in [1.54, 1.807) is 0 Å². The van der Waals surface area contributed by atoms with Gasteiger partial charge >= 0.3 is 11.7 Å². The molecule has 0 spiro atoms. The van der Waals surface area contributed by atoms with Gasteiger partial charge < -0.3 is 15.6 Å². The van der Waals surface area contributed by atoms with Crippen molar-refractivity contribution in [3.8, 4) is 16.2 Å². The lowest BCUT2D eigenvalue weighted by Gasteiger charge is -2.03. The molecule has 0 aliphatic heterocycles. The van der Waals surface area contributed by atoms with Crippen LogP contribution in [0.25, 0.3) is 10.4 Å². The van der Waals surface area contributed by atoms with Gasteiger partial charge in [0.05, 0.1) is 17.7 Å². The fraction of sp³-hybridized carbons (Fsp3) is 0.0833. The topological polar surface area (TPSA) is 116 Å². The summed E-state index contributed by atoms with van der Waals surface area (Å²) in [6.45, 7) is 0. The number of carboxylic acid groups (broad SMARTS) is 1. The maximum absolute atomic E-state index is 10.9. The van der Waals surface area contributed by atoms with Gasteiger partial charge in [0.25, 0.3) is 0 Å². The molecule has 0 aliphatic carbocycles. The van der Waals surface area contributed by atoms with Crippen LogP contribution in [0.5, 0.6) is 5.75 Å². The van der Waals surface area contributed by atoms with Gasteiger partial charge in [-0.05, 0) is 23.8 Å². The van der Waals surface area contributed by atoms with Crippen molar-refractivity contribution in [2.45, 2.75) is 0 Å². The maximum Gasteiger partial charge on any atom is 0.348 e. The van der Waals surface area contributed by atoms with Crippen molar-refractivity contribution in [1.29, 1.82) is 0 Å². The maximum atomic E-state index is 10.9. The van der Waals surface area contributed by atoms with Crippen molar-refractivity contribution < 1.29 is 19.6 Å². The molecule has 0 aliphatic rings. The number of thiophene rings is 1. The number of anilines is 1. The van der Waals surface area contributed by atoms with E-state index < -0.39 is 10.9 Å². The molecule has 0 atom stereocenters. The van der Waals surface area contributed by atoms with Crippen LogP contribution in [0.4, 0.5) is 11.4 Å². The predicted octanol–water partition coefficient (Wildman–Crippen LogP) is 2.61. The summed E-state index contributed by atoms with van der Waals surface area (Å²) in [6, 6.07) is 5.84. The van der Waals surface area contributed by atoms with Crippen molar-refractivity contribution in [2.75, 3.05) is 12.8 Å². The molecule has 0 saturated carbocycles. The summed E-state index contributed by atoms with van der Waals surface area (Å²) >= 11 is 1.00. The lowest BCUT2D eigenvalue weighted by atomic mass is 10.1. The average molecular weight is 294 g/mol. The number of methoxy groups -OCH3 is 1. The van der Waals surface area contributed by atoms with E-state index in [-0.39, 0.29) is 22.0 Å². The minimum atomic E-state index is -1.10. The molecule has 3 N–H and O–H groups in total. The van der Waals surface area contributed by atoms with Gasteiger partial charge in [0, 0.05) is 10.9 Å². The second-order valence-electron chi connectivity index (χ2n) is 3.84. The van der Waals surface area contributed by atoms with Crippen LogP contribution in [0.3, 0.4) is 0 Å². The SMILES string of the molecule is COc1cc(-c2cc(N)c(C(=O)O)s2)ccc1[N+](=O)[O-]. The van der Waals surface area contributed by atoms with E-state index in [0.717, 1.165) is 11.3 Å². The van der Waals surface area contributed by atoms with Crippen LogP contribution < -0.4 is 10.5 Å². The average Bonchev–Trinajstić information content (AvgIpc) is 2.80. The number of nitrogens with two attached hydrogens (primary N) is 1. The summed E-state index contributed by atoms with van der Waals surface area (Å²) in [5, 5.41) is 19.8. The van der Waals surface area contributed by atoms with E-state index in [1.165, 1.54) is 31.4 Å². The monoisotopic (exact) mass is 294 g/mol. The molecular formula is C12H10N2O5S. The number of carbonyl (C=O) groups is 1. The van der Waals surface area contributed by atoms with Crippen molar-refractivity contribution in [1.82, 2.24) is 0 Å². The van der Waals surface area contributed by atoms with Crippen LogP contribution in [0.1, 0.15) is 9.67 Å². The van der Waals surface area contributed by atoms with E-state index in [1.807, 2.05) is 0 Å². The molecule has 0 fully saturated rings. The largest absolute Gasteiger partial charge is 0.490 e. The molecule has 1 aromatic carbocycles. The molecule has 0 bridgehead atoms. The number of nitro groups is 1. The minimum absolute atomic E-state index is 0.0392. The Morgan fingerprint density at radius 1 is 1.45 bits per heavy atom. The first-order valence-corrected chi connectivity index (χ1v) is 6.21. The van der Waals surface area contributed by atoms with Crippen LogP contribution in [0.15, 0.2) is 24.3 Å². The number of hydrogen-bond donors (Lipinski definition) is 2. The normalized spacial score (nSPS) is 10.2. The molecule has 0 saturated heterocycles. The second-order valence-corrected chi connectivity index (χ2v) is 4.90. The highest BCUT2D eigenvalue weighted by molar-refractivity contribution is 7.17. The minimum Gasteiger partial charge on any atom is -0.490 e. The van der Waals surface area contributed by atoms with E-state index in [4.69, 9.17) is 15.6 Å². The molecule has 2 aromatic rings. The predicted molar refractivity (Wildman–Crippen MR) is 74.3 cm³/mol. The molecule has 7 nitrogen and oxygen atoms in total. The molecule has 0 unspecified atom stereocenters. The molecule has 8 heteroatoms. The zero-order valence-electron chi connectivity index (χ0n) is 10.3. The second kappa shape index (κ2) is 5.17. The van der Waals surface area contributed by atoms with E-state index in [9.17, 15) is 14.9 Å². The Kier molecular flexibility index (Phi) is 3.57. The Hall–Kier alpha value is -2.61. The van der Waals surface area contributed by atoms with Crippen LogP contribution >= 0.6 is 11.3 Å².